The van der Waals surface area contributed by atoms with Gasteiger partial charge in [0, 0.05) is 23.3 Å². The molecule has 5 heteroatoms. The van der Waals surface area contributed by atoms with Gasteiger partial charge in [-0.1, -0.05) is 6.92 Å². The molecule has 0 radical (unpaired) electrons. The highest BCUT2D eigenvalue weighted by molar-refractivity contribution is 7.18. The summed E-state index contributed by atoms with van der Waals surface area (Å²) >= 11 is 8.01. The lowest BCUT2D eigenvalue weighted by Crippen LogP contribution is -2.40. The molecule has 18 heavy (non-hydrogen) atoms. The van der Waals surface area contributed by atoms with Crippen LogP contribution in [0.4, 0.5) is 5.82 Å². The molecule has 1 saturated heterocycles. The van der Waals surface area contributed by atoms with Crippen molar-refractivity contribution in [2.45, 2.75) is 25.6 Å². The van der Waals surface area contributed by atoms with E-state index in [2.05, 4.69) is 34.8 Å². The SMILES string of the molecule is Cc1cc2c(N3CCC(Cl)C(C)C3)ncnc2s1. The number of anilines is 1. The van der Waals surface area contributed by atoms with Crippen LogP contribution in [0.5, 0.6) is 0 Å². The number of nitrogens with zero attached hydrogens (tertiary/aromatic N) is 3. The molecule has 2 atom stereocenters. The third kappa shape index (κ3) is 2.08. The molecule has 3 rings (SSSR count). The molecule has 1 aliphatic rings. The van der Waals surface area contributed by atoms with Crippen molar-refractivity contribution in [3.8, 4) is 0 Å². The van der Waals surface area contributed by atoms with E-state index in [4.69, 9.17) is 11.6 Å². The molecule has 0 aliphatic carbocycles. The number of hydrogen-bond donors (Lipinski definition) is 0. The molecular formula is C13H16ClN3S. The van der Waals surface area contributed by atoms with Gasteiger partial charge in [0.15, 0.2) is 0 Å². The smallest absolute Gasteiger partial charge is 0.140 e. The van der Waals surface area contributed by atoms with Crippen LogP contribution in [0.15, 0.2) is 12.4 Å². The minimum absolute atomic E-state index is 0.294. The average molecular weight is 282 g/mol. The van der Waals surface area contributed by atoms with Crippen LogP contribution in [-0.2, 0) is 0 Å². The van der Waals surface area contributed by atoms with Gasteiger partial charge in [-0.2, -0.15) is 0 Å². The Hall–Kier alpha value is -0.870. The largest absolute Gasteiger partial charge is 0.356 e. The summed E-state index contributed by atoms with van der Waals surface area (Å²) in [6, 6.07) is 2.19. The van der Waals surface area contributed by atoms with E-state index in [1.54, 1.807) is 17.7 Å². The van der Waals surface area contributed by atoms with E-state index in [0.29, 0.717) is 11.3 Å². The lowest BCUT2D eigenvalue weighted by Gasteiger charge is -2.35. The number of aromatic nitrogens is 2. The van der Waals surface area contributed by atoms with Crippen molar-refractivity contribution in [3.63, 3.8) is 0 Å². The van der Waals surface area contributed by atoms with Crippen LogP contribution in [0, 0.1) is 12.8 Å². The highest BCUT2D eigenvalue weighted by atomic mass is 35.5. The van der Waals surface area contributed by atoms with Gasteiger partial charge in [-0.05, 0) is 25.3 Å². The standard InChI is InChI=1S/C13H16ClN3S/c1-8-6-17(4-3-11(8)14)12-10-5-9(2)18-13(10)16-7-15-12/h5,7-8,11H,3-4,6H2,1-2H3. The van der Waals surface area contributed by atoms with Gasteiger partial charge in [0.2, 0.25) is 0 Å². The number of halogens is 1. The van der Waals surface area contributed by atoms with Gasteiger partial charge < -0.3 is 4.90 Å². The van der Waals surface area contributed by atoms with E-state index >= 15 is 0 Å². The number of alkyl halides is 1. The number of rotatable bonds is 1. The molecule has 1 aliphatic heterocycles. The van der Waals surface area contributed by atoms with E-state index in [1.165, 1.54) is 10.3 Å². The monoisotopic (exact) mass is 281 g/mol. The van der Waals surface area contributed by atoms with Crippen LogP contribution in [0.1, 0.15) is 18.2 Å². The van der Waals surface area contributed by atoms with Crippen LogP contribution < -0.4 is 4.90 Å². The molecule has 2 unspecified atom stereocenters. The van der Waals surface area contributed by atoms with Crippen LogP contribution in [-0.4, -0.2) is 28.4 Å². The molecule has 0 bridgehead atoms. The van der Waals surface area contributed by atoms with Crippen molar-refractivity contribution < 1.29 is 0 Å². The number of piperidine rings is 1. The first-order chi connectivity index (χ1) is 8.65. The summed E-state index contributed by atoms with van der Waals surface area (Å²) in [5.74, 6) is 1.57. The molecule has 0 aromatic carbocycles. The Labute approximate surface area is 116 Å². The quantitative estimate of drug-likeness (QED) is 0.750. The Balaban J connectivity index is 1.99. The molecule has 96 valence electrons. The van der Waals surface area contributed by atoms with E-state index < -0.39 is 0 Å². The van der Waals surface area contributed by atoms with Crippen molar-refractivity contribution in [2.24, 2.45) is 5.92 Å². The van der Waals surface area contributed by atoms with Gasteiger partial charge in [-0.3, -0.25) is 0 Å². The number of hydrogen-bond acceptors (Lipinski definition) is 4. The molecule has 0 spiro atoms. The Morgan fingerprint density at radius 2 is 2.28 bits per heavy atom. The van der Waals surface area contributed by atoms with E-state index in [1.807, 2.05) is 0 Å². The molecule has 0 N–H and O–H groups in total. The second kappa shape index (κ2) is 4.67. The highest BCUT2D eigenvalue weighted by Gasteiger charge is 2.26. The summed E-state index contributed by atoms with van der Waals surface area (Å²) in [4.78, 5) is 13.5. The Morgan fingerprint density at radius 1 is 1.44 bits per heavy atom. The summed E-state index contributed by atoms with van der Waals surface area (Å²) in [5, 5.41) is 1.48. The van der Waals surface area contributed by atoms with Crippen molar-refractivity contribution in [1.29, 1.82) is 0 Å². The lowest BCUT2D eigenvalue weighted by molar-refractivity contribution is 0.453. The zero-order chi connectivity index (χ0) is 12.7. The summed E-state index contributed by atoms with van der Waals surface area (Å²) in [5.41, 5.74) is 0. The molecule has 0 amide bonds. The first-order valence-corrected chi connectivity index (χ1v) is 7.50. The molecule has 0 saturated carbocycles. The number of fused-ring (bicyclic) bond motifs is 1. The molecule has 2 aromatic heterocycles. The van der Waals surface area contributed by atoms with Gasteiger partial charge in [-0.15, -0.1) is 22.9 Å². The molecule has 3 nitrogen and oxygen atoms in total. The summed E-state index contributed by atoms with van der Waals surface area (Å²) in [6.07, 6.45) is 2.70. The van der Waals surface area contributed by atoms with Crippen molar-refractivity contribution in [2.75, 3.05) is 18.0 Å². The summed E-state index contributed by atoms with van der Waals surface area (Å²) in [7, 11) is 0. The summed E-state index contributed by atoms with van der Waals surface area (Å²) < 4.78 is 0. The Kier molecular flexibility index (Phi) is 3.16. The first kappa shape index (κ1) is 12.2. The van der Waals surface area contributed by atoms with Crippen LogP contribution in [0.2, 0.25) is 0 Å². The maximum Gasteiger partial charge on any atom is 0.140 e. The predicted octanol–water partition coefficient (Wildman–Crippen LogP) is 3.45. The van der Waals surface area contributed by atoms with Crippen LogP contribution >= 0.6 is 22.9 Å². The average Bonchev–Trinajstić information content (AvgIpc) is 2.72. The molecular weight excluding hydrogens is 266 g/mol. The zero-order valence-electron chi connectivity index (χ0n) is 10.6. The van der Waals surface area contributed by atoms with E-state index in [-0.39, 0.29) is 0 Å². The maximum atomic E-state index is 6.28. The fraction of sp³-hybridized carbons (Fsp3) is 0.538. The van der Waals surface area contributed by atoms with Crippen LogP contribution in [0.25, 0.3) is 10.2 Å². The van der Waals surface area contributed by atoms with Gasteiger partial charge in [0.25, 0.3) is 0 Å². The van der Waals surface area contributed by atoms with Crippen molar-refractivity contribution >= 4 is 39.0 Å². The first-order valence-electron chi connectivity index (χ1n) is 6.25. The molecule has 2 aromatic rings. The third-order valence-electron chi connectivity index (χ3n) is 3.53. The Bertz CT molecular complexity index is 568. The van der Waals surface area contributed by atoms with Gasteiger partial charge >= 0.3 is 0 Å². The van der Waals surface area contributed by atoms with Gasteiger partial charge in [0.05, 0.1) is 5.39 Å². The third-order valence-corrected chi connectivity index (χ3v) is 5.14. The lowest BCUT2D eigenvalue weighted by atomic mass is 9.99. The van der Waals surface area contributed by atoms with Crippen molar-refractivity contribution in [1.82, 2.24) is 9.97 Å². The van der Waals surface area contributed by atoms with Gasteiger partial charge in [0.1, 0.15) is 17.0 Å². The van der Waals surface area contributed by atoms with Gasteiger partial charge in [-0.25, -0.2) is 9.97 Å². The van der Waals surface area contributed by atoms with E-state index in [0.717, 1.165) is 30.2 Å². The number of aryl methyl sites for hydroxylation is 1. The fourth-order valence-corrected chi connectivity index (χ4v) is 3.54. The molecule has 1 fully saturated rings. The molecule has 3 heterocycles. The minimum atomic E-state index is 0.294. The minimum Gasteiger partial charge on any atom is -0.356 e. The normalized spacial score (nSPS) is 24.7. The summed E-state index contributed by atoms with van der Waals surface area (Å²) in [6.45, 7) is 6.29. The second-order valence-corrected chi connectivity index (χ2v) is 6.80. The highest BCUT2D eigenvalue weighted by Crippen LogP contribution is 2.32. The fourth-order valence-electron chi connectivity index (χ4n) is 2.52. The zero-order valence-corrected chi connectivity index (χ0v) is 12.1. The predicted molar refractivity (Wildman–Crippen MR) is 77.8 cm³/mol. The number of thiophene rings is 1. The topological polar surface area (TPSA) is 29.0 Å². The van der Waals surface area contributed by atoms with Crippen molar-refractivity contribution in [3.05, 3.63) is 17.3 Å². The Morgan fingerprint density at radius 3 is 3.06 bits per heavy atom. The van der Waals surface area contributed by atoms with E-state index in [9.17, 15) is 0 Å². The second-order valence-electron chi connectivity index (χ2n) is 5.00. The maximum absolute atomic E-state index is 6.28. The van der Waals surface area contributed by atoms with Crippen LogP contribution in [0.3, 0.4) is 0 Å².